The molecule has 0 saturated heterocycles. The van der Waals surface area contributed by atoms with Crippen LogP contribution in [0.15, 0.2) is 22.7 Å². The Kier molecular flexibility index (Phi) is 1.18. The second-order valence-electron chi connectivity index (χ2n) is 1.59. The van der Waals surface area contributed by atoms with E-state index in [1.165, 1.54) is 4.90 Å². The summed E-state index contributed by atoms with van der Waals surface area (Å²) < 4.78 is 0. The van der Waals surface area contributed by atoms with Gasteiger partial charge in [0.15, 0.2) is 5.82 Å². The molecule has 0 atom stereocenters. The number of nitrogens with zero attached hydrogens (tertiary/aromatic N) is 3. The fraction of sp³-hybridized carbons (Fsp3) is 0.250. The molecule has 1 N–H and O–H groups in total. The Morgan fingerprint density at radius 3 is 2.89 bits per heavy atom. The molecule has 0 fully saturated rings. The first-order valence-corrected chi connectivity index (χ1v) is 2.35. The van der Waals surface area contributed by atoms with E-state index in [4.69, 9.17) is 0 Å². The molecular weight excluding hydrogens is 120 g/mol. The average Bonchev–Trinajstić information content (AvgIpc) is 1.83. The van der Waals surface area contributed by atoms with Gasteiger partial charge in [0.25, 0.3) is 0 Å². The van der Waals surface area contributed by atoms with E-state index in [1.54, 1.807) is 7.05 Å². The van der Waals surface area contributed by atoms with Gasteiger partial charge in [-0.1, -0.05) is 11.8 Å². The predicted octanol–water partition coefficient (Wildman–Crippen LogP) is 0.480. The van der Waals surface area contributed by atoms with Crippen LogP contribution in [0.5, 0.6) is 0 Å². The van der Waals surface area contributed by atoms with Gasteiger partial charge in [-0.3, -0.25) is 4.90 Å². The summed E-state index contributed by atoms with van der Waals surface area (Å²) in [5, 5.41) is 6.76. The molecule has 0 aromatic carbocycles. The van der Waals surface area contributed by atoms with Crippen molar-refractivity contribution in [2.24, 2.45) is 10.3 Å². The van der Waals surface area contributed by atoms with E-state index in [0.29, 0.717) is 5.82 Å². The van der Waals surface area contributed by atoms with Gasteiger partial charge in [-0.05, 0) is 0 Å². The van der Waals surface area contributed by atoms with Crippen molar-refractivity contribution in [1.82, 2.24) is 10.3 Å². The monoisotopic (exact) mass is 126 g/mol. The lowest BCUT2D eigenvalue weighted by molar-refractivity contribution is 0.213. The summed E-state index contributed by atoms with van der Waals surface area (Å²) in [6.07, 6.45) is 0. The summed E-state index contributed by atoms with van der Waals surface area (Å²) in [5.41, 5.74) is 2.15. The van der Waals surface area contributed by atoms with Gasteiger partial charge in [0, 0.05) is 7.05 Å². The lowest BCUT2D eigenvalue weighted by Crippen LogP contribution is -2.35. The number of carbonyl (C=O) groups excluding carboxylic acids is 1. The summed E-state index contributed by atoms with van der Waals surface area (Å²) in [4.78, 5) is 11.9. The van der Waals surface area contributed by atoms with Gasteiger partial charge in [-0.25, -0.2) is 10.2 Å². The van der Waals surface area contributed by atoms with Gasteiger partial charge in [-0.2, -0.15) is 0 Å². The van der Waals surface area contributed by atoms with E-state index in [2.05, 4.69) is 22.3 Å². The smallest absolute Gasteiger partial charge is 0.279 e. The molecule has 5 heteroatoms. The van der Waals surface area contributed by atoms with Gasteiger partial charge in [0.05, 0.1) is 0 Å². The highest BCUT2D eigenvalue weighted by Gasteiger charge is 2.13. The van der Waals surface area contributed by atoms with Crippen LogP contribution in [0.25, 0.3) is 0 Å². The number of amides is 2. The number of hydrogen-bond donors (Lipinski definition) is 1. The molecule has 0 bridgehead atoms. The number of rotatable bonds is 0. The van der Waals surface area contributed by atoms with E-state index in [1.807, 2.05) is 0 Å². The van der Waals surface area contributed by atoms with Crippen LogP contribution in [-0.2, 0) is 0 Å². The van der Waals surface area contributed by atoms with E-state index in [0.717, 1.165) is 0 Å². The van der Waals surface area contributed by atoms with Crippen molar-refractivity contribution in [2.45, 2.75) is 0 Å². The second-order valence-corrected chi connectivity index (χ2v) is 1.59. The fourth-order valence-electron chi connectivity index (χ4n) is 0.385. The zero-order chi connectivity index (χ0) is 6.85. The van der Waals surface area contributed by atoms with Crippen LogP contribution in [0.1, 0.15) is 0 Å². The Bertz CT molecular complexity index is 185. The highest BCUT2D eigenvalue weighted by Crippen LogP contribution is 2.03. The standard InChI is InChI=1S/C4H6N4O/c1-3-5-7-6-4(9)8(3)2/h1H2,2H3,(H,5,6,9). The molecule has 0 aromatic rings. The van der Waals surface area contributed by atoms with Crippen molar-refractivity contribution >= 4 is 6.03 Å². The van der Waals surface area contributed by atoms with Crippen molar-refractivity contribution in [2.75, 3.05) is 7.05 Å². The molecule has 1 heterocycles. The SMILES string of the molecule is C=C1N=NNC(=O)N1C. The lowest BCUT2D eigenvalue weighted by atomic mass is 10.7. The molecule has 1 aliphatic heterocycles. The molecular formula is C4H6N4O. The molecule has 48 valence electrons. The fourth-order valence-corrected chi connectivity index (χ4v) is 0.385. The Morgan fingerprint density at radius 2 is 2.44 bits per heavy atom. The average molecular weight is 126 g/mol. The van der Waals surface area contributed by atoms with Gasteiger partial charge < -0.3 is 0 Å². The Labute approximate surface area is 52.0 Å². The number of carbonyl (C=O) groups is 1. The van der Waals surface area contributed by atoms with Crippen molar-refractivity contribution < 1.29 is 4.79 Å². The first-order chi connectivity index (χ1) is 4.22. The summed E-state index contributed by atoms with van der Waals surface area (Å²) in [6.45, 7) is 3.45. The van der Waals surface area contributed by atoms with Crippen molar-refractivity contribution in [3.8, 4) is 0 Å². The Hall–Kier alpha value is -1.39. The quantitative estimate of drug-likeness (QED) is 0.504. The molecule has 0 unspecified atom stereocenters. The van der Waals surface area contributed by atoms with Crippen molar-refractivity contribution in [3.05, 3.63) is 12.4 Å². The van der Waals surface area contributed by atoms with Gasteiger partial charge >= 0.3 is 6.03 Å². The third kappa shape index (κ3) is 0.883. The van der Waals surface area contributed by atoms with E-state index in [-0.39, 0.29) is 6.03 Å². The minimum absolute atomic E-state index is 0.310. The molecule has 1 rings (SSSR count). The molecule has 0 aromatic heterocycles. The summed E-state index contributed by atoms with van der Waals surface area (Å²) >= 11 is 0. The zero-order valence-corrected chi connectivity index (χ0v) is 4.96. The van der Waals surface area contributed by atoms with Crippen LogP contribution in [-0.4, -0.2) is 18.0 Å². The van der Waals surface area contributed by atoms with Crippen LogP contribution in [0, 0.1) is 0 Å². The van der Waals surface area contributed by atoms with Crippen LogP contribution < -0.4 is 5.43 Å². The highest BCUT2D eigenvalue weighted by molar-refractivity contribution is 5.75. The molecule has 0 radical (unpaired) electrons. The van der Waals surface area contributed by atoms with Crippen LogP contribution in [0.3, 0.4) is 0 Å². The van der Waals surface area contributed by atoms with Gasteiger partial charge in [0.2, 0.25) is 0 Å². The zero-order valence-electron chi connectivity index (χ0n) is 4.96. The molecule has 0 aliphatic carbocycles. The summed E-state index contributed by atoms with van der Waals surface area (Å²) in [7, 11) is 1.57. The largest absolute Gasteiger partial charge is 0.344 e. The van der Waals surface area contributed by atoms with Crippen LogP contribution in [0.2, 0.25) is 0 Å². The van der Waals surface area contributed by atoms with Crippen LogP contribution >= 0.6 is 0 Å². The van der Waals surface area contributed by atoms with E-state index < -0.39 is 0 Å². The number of hydrogen-bond acceptors (Lipinski definition) is 3. The summed E-state index contributed by atoms with van der Waals surface area (Å²) in [6, 6.07) is -0.310. The van der Waals surface area contributed by atoms with Crippen molar-refractivity contribution in [3.63, 3.8) is 0 Å². The maximum Gasteiger partial charge on any atom is 0.344 e. The summed E-state index contributed by atoms with van der Waals surface area (Å²) in [5.74, 6) is 0.346. The number of urea groups is 1. The molecule has 1 aliphatic rings. The first-order valence-electron chi connectivity index (χ1n) is 2.35. The highest BCUT2D eigenvalue weighted by atomic mass is 16.2. The maximum atomic E-state index is 10.6. The Morgan fingerprint density at radius 1 is 1.78 bits per heavy atom. The Balaban J connectivity index is 2.81. The maximum absolute atomic E-state index is 10.6. The topological polar surface area (TPSA) is 57.1 Å². The van der Waals surface area contributed by atoms with E-state index in [9.17, 15) is 4.79 Å². The minimum Gasteiger partial charge on any atom is -0.279 e. The molecule has 5 nitrogen and oxygen atoms in total. The normalized spacial score (nSPS) is 18.1. The van der Waals surface area contributed by atoms with E-state index >= 15 is 0 Å². The van der Waals surface area contributed by atoms with Crippen LogP contribution in [0.4, 0.5) is 4.79 Å². The minimum atomic E-state index is -0.310. The molecule has 0 spiro atoms. The first kappa shape index (κ1) is 5.74. The van der Waals surface area contributed by atoms with Gasteiger partial charge in [0.1, 0.15) is 0 Å². The third-order valence-corrected chi connectivity index (χ3v) is 1.00. The third-order valence-electron chi connectivity index (χ3n) is 1.00. The second kappa shape index (κ2) is 1.85. The lowest BCUT2D eigenvalue weighted by Gasteiger charge is -2.17. The molecule has 0 saturated carbocycles. The van der Waals surface area contributed by atoms with Crippen molar-refractivity contribution in [1.29, 1.82) is 0 Å². The molecule has 9 heavy (non-hydrogen) atoms. The number of nitrogens with one attached hydrogen (secondary N) is 1. The molecule has 2 amide bonds. The predicted molar refractivity (Wildman–Crippen MR) is 30.3 cm³/mol. The van der Waals surface area contributed by atoms with Gasteiger partial charge in [-0.15, -0.1) is 5.11 Å².